The Balaban J connectivity index is 1.51. The average molecular weight is 301 g/mol. The largest absolute Gasteiger partial charge is 0.378 e. The van der Waals surface area contributed by atoms with Crippen LogP contribution in [0.15, 0.2) is 30.5 Å². The van der Waals surface area contributed by atoms with E-state index in [1.54, 1.807) is 0 Å². The number of rotatable bonds is 5. The van der Waals surface area contributed by atoms with Crippen molar-refractivity contribution in [2.45, 2.75) is 25.8 Å². The molecule has 1 amide bonds. The SMILES string of the molecule is O=C(CC1C=CCC1)NCc1ccnc(N2CCOCC2)c1. The van der Waals surface area contributed by atoms with Gasteiger partial charge in [0.25, 0.3) is 0 Å². The summed E-state index contributed by atoms with van der Waals surface area (Å²) >= 11 is 0. The first-order valence-electron chi connectivity index (χ1n) is 8.02. The first-order chi connectivity index (χ1) is 10.8. The molecule has 1 unspecified atom stereocenters. The second kappa shape index (κ2) is 7.40. The Bertz CT molecular complexity index is 538. The molecule has 1 N–H and O–H groups in total. The first kappa shape index (κ1) is 15.0. The van der Waals surface area contributed by atoms with Gasteiger partial charge in [-0.2, -0.15) is 0 Å². The van der Waals surface area contributed by atoms with Crippen LogP contribution in [-0.2, 0) is 16.1 Å². The fourth-order valence-electron chi connectivity index (χ4n) is 2.91. The normalized spacial score (nSPS) is 21.1. The van der Waals surface area contributed by atoms with Crippen LogP contribution < -0.4 is 10.2 Å². The smallest absolute Gasteiger partial charge is 0.220 e. The Morgan fingerprint density at radius 2 is 2.27 bits per heavy atom. The number of aromatic nitrogens is 1. The van der Waals surface area contributed by atoms with E-state index in [2.05, 4.69) is 33.4 Å². The lowest BCUT2D eigenvalue weighted by Gasteiger charge is -2.28. The zero-order valence-corrected chi connectivity index (χ0v) is 12.8. The van der Waals surface area contributed by atoms with Gasteiger partial charge in [-0.05, 0) is 36.5 Å². The van der Waals surface area contributed by atoms with Gasteiger partial charge in [0, 0.05) is 32.3 Å². The molecule has 1 aromatic rings. The molecule has 1 atom stereocenters. The predicted molar refractivity (Wildman–Crippen MR) is 85.6 cm³/mol. The van der Waals surface area contributed by atoms with E-state index < -0.39 is 0 Å². The number of hydrogen-bond donors (Lipinski definition) is 1. The van der Waals surface area contributed by atoms with Crippen molar-refractivity contribution in [3.63, 3.8) is 0 Å². The van der Waals surface area contributed by atoms with Gasteiger partial charge < -0.3 is 15.0 Å². The van der Waals surface area contributed by atoms with Gasteiger partial charge in [-0.1, -0.05) is 12.2 Å². The lowest BCUT2D eigenvalue weighted by Crippen LogP contribution is -2.36. The van der Waals surface area contributed by atoms with Crippen molar-refractivity contribution >= 4 is 11.7 Å². The third kappa shape index (κ3) is 4.07. The van der Waals surface area contributed by atoms with Crippen molar-refractivity contribution in [1.82, 2.24) is 10.3 Å². The molecule has 1 saturated heterocycles. The fourth-order valence-corrected chi connectivity index (χ4v) is 2.91. The molecule has 2 heterocycles. The monoisotopic (exact) mass is 301 g/mol. The van der Waals surface area contributed by atoms with Crippen LogP contribution in [0.5, 0.6) is 0 Å². The molecule has 1 aromatic heterocycles. The number of nitrogens with one attached hydrogen (secondary N) is 1. The number of anilines is 1. The van der Waals surface area contributed by atoms with E-state index in [0.29, 0.717) is 18.9 Å². The molecule has 0 saturated carbocycles. The van der Waals surface area contributed by atoms with Crippen LogP contribution >= 0.6 is 0 Å². The van der Waals surface area contributed by atoms with Gasteiger partial charge in [0.05, 0.1) is 13.2 Å². The second-order valence-corrected chi connectivity index (χ2v) is 5.87. The van der Waals surface area contributed by atoms with E-state index in [0.717, 1.165) is 50.5 Å². The van der Waals surface area contributed by atoms with Crippen LogP contribution in [0.3, 0.4) is 0 Å². The van der Waals surface area contributed by atoms with Gasteiger partial charge in [-0.25, -0.2) is 4.98 Å². The highest BCUT2D eigenvalue weighted by molar-refractivity contribution is 5.76. The van der Waals surface area contributed by atoms with E-state index in [-0.39, 0.29) is 5.91 Å². The topological polar surface area (TPSA) is 54.5 Å². The number of ether oxygens (including phenoxy) is 1. The summed E-state index contributed by atoms with van der Waals surface area (Å²) in [6.45, 7) is 3.80. The molecule has 5 nitrogen and oxygen atoms in total. The maximum Gasteiger partial charge on any atom is 0.220 e. The summed E-state index contributed by atoms with van der Waals surface area (Å²) in [7, 11) is 0. The minimum Gasteiger partial charge on any atom is -0.378 e. The van der Waals surface area contributed by atoms with Gasteiger partial charge >= 0.3 is 0 Å². The summed E-state index contributed by atoms with van der Waals surface area (Å²) in [6, 6.07) is 4.01. The zero-order valence-electron chi connectivity index (χ0n) is 12.8. The molecule has 118 valence electrons. The van der Waals surface area contributed by atoms with Crippen LogP contribution in [0.2, 0.25) is 0 Å². The van der Waals surface area contributed by atoms with Crippen molar-refractivity contribution < 1.29 is 9.53 Å². The van der Waals surface area contributed by atoms with Crippen LogP contribution in [-0.4, -0.2) is 37.2 Å². The summed E-state index contributed by atoms with van der Waals surface area (Å²) in [6.07, 6.45) is 8.93. The van der Waals surface area contributed by atoms with Crippen LogP contribution in [0.4, 0.5) is 5.82 Å². The lowest BCUT2D eigenvalue weighted by atomic mass is 10.1. The minimum absolute atomic E-state index is 0.126. The standard InChI is InChI=1S/C17H23N3O2/c21-17(12-14-3-1-2-4-14)19-13-15-5-6-18-16(11-15)20-7-9-22-10-8-20/h1,3,5-6,11,14H,2,4,7-10,12-13H2,(H,19,21). The highest BCUT2D eigenvalue weighted by Gasteiger charge is 2.15. The van der Waals surface area contributed by atoms with Crippen LogP contribution in [0.25, 0.3) is 0 Å². The fraction of sp³-hybridized carbons (Fsp3) is 0.529. The van der Waals surface area contributed by atoms with Gasteiger partial charge in [-0.3, -0.25) is 4.79 Å². The summed E-state index contributed by atoms with van der Waals surface area (Å²) in [5, 5.41) is 3.01. The molecule has 1 aliphatic carbocycles. The van der Waals surface area contributed by atoms with E-state index in [1.165, 1.54) is 0 Å². The van der Waals surface area contributed by atoms with Gasteiger partial charge in [0.2, 0.25) is 5.91 Å². The van der Waals surface area contributed by atoms with E-state index in [4.69, 9.17) is 4.74 Å². The summed E-state index contributed by atoms with van der Waals surface area (Å²) in [4.78, 5) is 18.6. The number of pyridine rings is 1. The highest BCUT2D eigenvalue weighted by Crippen LogP contribution is 2.20. The maximum atomic E-state index is 12.0. The van der Waals surface area contributed by atoms with Crippen molar-refractivity contribution in [2.75, 3.05) is 31.2 Å². The van der Waals surface area contributed by atoms with Crippen molar-refractivity contribution in [3.05, 3.63) is 36.0 Å². The summed E-state index contributed by atoms with van der Waals surface area (Å²) in [5.41, 5.74) is 1.09. The molecule has 3 rings (SSSR count). The highest BCUT2D eigenvalue weighted by atomic mass is 16.5. The number of hydrogen-bond acceptors (Lipinski definition) is 4. The quantitative estimate of drug-likeness (QED) is 0.844. The minimum atomic E-state index is 0.126. The Morgan fingerprint density at radius 1 is 1.41 bits per heavy atom. The molecule has 0 radical (unpaired) electrons. The Morgan fingerprint density at radius 3 is 3.05 bits per heavy atom. The zero-order chi connectivity index (χ0) is 15.2. The van der Waals surface area contributed by atoms with Gasteiger partial charge in [0.15, 0.2) is 0 Å². The molecule has 5 heteroatoms. The maximum absolute atomic E-state index is 12.0. The first-order valence-corrected chi connectivity index (χ1v) is 8.02. The molecule has 1 fully saturated rings. The van der Waals surface area contributed by atoms with E-state index in [9.17, 15) is 4.79 Å². The third-order valence-electron chi connectivity index (χ3n) is 4.19. The van der Waals surface area contributed by atoms with Crippen molar-refractivity contribution in [2.24, 2.45) is 5.92 Å². The number of carbonyl (C=O) groups is 1. The van der Waals surface area contributed by atoms with Crippen molar-refractivity contribution in [3.8, 4) is 0 Å². The third-order valence-corrected chi connectivity index (χ3v) is 4.19. The molecule has 22 heavy (non-hydrogen) atoms. The number of amides is 1. The molecular formula is C17H23N3O2. The molecule has 2 aliphatic rings. The number of nitrogens with zero attached hydrogens (tertiary/aromatic N) is 2. The lowest BCUT2D eigenvalue weighted by molar-refractivity contribution is -0.121. The molecule has 1 aliphatic heterocycles. The Labute approximate surface area is 131 Å². The van der Waals surface area contributed by atoms with E-state index in [1.807, 2.05) is 12.3 Å². The summed E-state index contributed by atoms with van der Waals surface area (Å²) in [5.74, 6) is 1.51. The second-order valence-electron chi connectivity index (χ2n) is 5.87. The van der Waals surface area contributed by atoms with E-state index >= 15 is 0 Å². The van der Waals surface area contributed by atoms with Gasteiger partial charge in [0.1, 0.15) is 5.82 Å². The predicted octanol–water partition coefficient (Wildman–Crippen LogP) is 1.89. The van der Waals surface area contributed by atoms with Crippen molar-refractivity contribution in [1.29, 1.82) is 0 Å². The average Bonchev–Trinajstić information content (AvgIpc) is 3.07. The van der Waals surface area contributed by atoms with Crippen LogP contribution in [0, 0.1) is 5.92 Å². The molecule has 0 bridgehead atoms. The Kier molecular flexibility index (Phi) is 5.06. The number of morpholine rings is 1. The van der Waals surface area contributed by atoms with Crippen LogP contribution in [0.1, 0.15) is 24.8 Å². The molecular weight excluding hydrogens is 278 g/mol. The summed E-state index contributed by atoms with van der Waals surface area (Å²) < 4.78 is 5.36. The number of allylic oxidation sites excluding steroid dienone is 2. The van der Waals surface area contributed by atoms with Gasteiger partial charge in [-0.15, -0.1) is 0 Å². The molecule has 0 spiro atoms. The number of carbonyl (C=O) groups excluding carboxylic acids is 1. The molecule has 0 aromatic carbocycles. The Hall–Kier alpha value is -1.88.